The van der Waals surface area contributed by atoms with Gasteiger partial charge in [0.15, 0.2) is 11.6 Å². The number of hydrogen-bond donors (Lipinski definition) is 4. The van der Waals surface area contributed by atoms with E-state index in [0.29, 0.717) is 11.1 Å². The highest BCUT2D eigenvalue weighted by Gasteiger charge is 2.24. The van der Waals surface area contributed by atoms with E-state index in [9.17, 15) is 29.4 Å². The van der Waals surface area contributed by atoms with Gasteiger partial charge in [-0.05, 0) is 41.8 Å². The normalized spacial score (nSPS) is 10.7. The van der Waals surface area contributed by atoms with E-state index in [4.69, 9.17) is 0 Å². The number of carbonyl (C=O) groups is 4. The Balaban J connectivity index is 1.95. The number of carbonyl (C=O) groups excluding carboxylic acids is 4. The molecule has 8 nitrogen and oxygen atoms in total. The van der Waals surface area contributed by atoms with Gasteiger partial charge in [0.1, 0.15) is 17.4 Å². The number of aromatic hydroxyl groups is 2. The summed E-state index contributed by atoms with van der Waals surface area (Å²) >= 11 is 0. The van der Waals surface area contributed by atoms with Crippen molar-refractivity contribution in [3.05, 3.63) is 58.7 Å². The maximum Gasteiger partial charge on any atom is 0.232 e. The second kappa shape index (κ2) is 11.8. The number of nitrogens with one attached hydrogen (secondary N) is 2. The van der Waals surface area contributed by atoms with Crippen LogP contribution < -0.4 is 10.6 Å². The van der Waals surface area contributed by atoms with Crippen LogP contribution in [0.15, 0.2) is 36.4 Å². The van der Waals surface area contributed by atoms with E-state index in [1.54, 1.807) is 32.9 Å². The summed E-state index contributed by atoms with van der Waals surface area (Å²) in [6.07, 6.45) is 0.831. The molecule has 0 aliphatic carbocycles. The molecule has 2 rings (SSSR count). The lowest BCUT2D eigenvalue weighted by molar-refractivity contribution is -0.135. The summed E-state index contributed by atoms with van der Waals surface area (Å²) in [5, 5.41) is 25.4. The van der Waals surface area contributed by atoms with Crippen LogP contribution in [-0.2, 0) is 22.7 Å². The Morgan fingerprint density at radius 3 is 1.42 bits per heavy atom. The third kappa shape index (κ3) is 6.65. The number of benzene rings is 2. The van der Waals surface area contributed by atoms with Crippen molar-refractivity contribution in [3.63, 3.8) is 0 Å². The second-order valence-corrected chi connectivity index (χ2v) is 7.65. The summed E-state index contributed by atoms with van der Waals surface area (Å²) in [6.45, 7) is 5.32. The van der Waals surface area contributed by atoms with Gasteiger partial charge in [-0.3, -0.25) is 19.2 Å². The van der Waals surface area contributed by atoms with Crippen molar-refractivity contribution in [1.82, 2.24) is 10.6 Å². The predicted octanol–water partition coefficient (Wildman–Crippen LogP) is 3.24. The molecule has 0 aliphatic heterocycles. The second-order valence-electron chi connectivity index (χ2n) is 7.65. The van der Waals surface area contributed by atoms with Gasteiger partial charge in [0.25, 0.3) is 0 Å². The van der Waals surface area contributed by atoms with Gasteiger partial charge in [-0.25, -0.2) is 0 Å². The molecule has 0 heterocycles. The number of ketones is 2. The standard InChI is InChI=1S/C25H30N2O6/c1-4-17(24(32)26-13-15-7-9-18(20(28)5-2)22(30)11-15)25(33)27-14-16-8-10-19(21(29)6-3)23(31)12-16/h7-12,17,30-31H,4-6,13-14H2,1-3H3,(H,26,32)(H,27,33). The first-order valence-corrected chi connectivity index (χ1v) is 11.0. The zero-order chi connectivity index (χ0) is 24.5. The summed E-state index contributed by atoms with van der Waals surface area (Å²) in [5.41, 5.74) is 1.66. The van der Waals surface area contributed by atoms with Crippen molar-refractivity contribution < 1.29 is 29.4 Å². The van der Waals surface area contributed by atoms with Gasteiger partial charge in [0, 0.05) is 25.9 Å². The van der Waals surface area contributed by atoms with Crippen molar-refractivity contribution in [1.29, 1.82) is 0 Å². The number of rotatable bonds is 11. The number of hydrogen-bond acceptors (Lipinski definition) is 6. The molecule has 0 radical (unpaired) electrons. The zero-order valence-electron chi connectivity index (χ0n) is 19.1. The van der Waals surface area contributed by atoms with E-state index >= 15 is 0 Å². The number of phenols is 2. The van der Waals surface area contributed by atoms with E-state index in [0.717, 1.165) is 0 Å². The van der Waals surface area contributed by atoms with Crippen LogP contribution in [0.5, 0.6) is 11.5 Å². The van der Waals surface area contributed by atoms with Gasteiger partial charge in [-0.1, -0.05) is 32.9 Å². The number of Topliss-reactive ketones (excluding diaryl/α,β-unsaturated/α-hetero) is 2. The number of amides is 2. The van der Waals surface area contributed by atoms with Crippen molar-refractivity contribution >= 4 is 23.4 Å². The minimum atomic E-state index is -0.922. The van der Waals surface area contributed by atoms with Gasteiger partial charge >= 0.3 is 0 Å². The monoisotopic (exact) mass is 454 g/mol. The lowest BCUT2D eigenvalue weighted by Gasteiger charge is -2.16. The molecular weight excluding hydrogens is 424 g/mol. The summed E-state index contributed by atoms with van der Waals surface area (Å²) < 4.78 is 0. The fourth-order valence-corrected chi connectivity index (χ4v) is 3.34. The van der Waals surface area contributed by atoms with Gasteiger partial charge in [-0.15, -0.1) is 0 Å². The van der Waals surface area contributed by atoms with Crippen molar-refractivity contribution in [2.75, 3.05) is 0 Å². The lowest BCUT2D eigenvalue weighted by atomic mass is 10.0. The largest absolute Gasteiger partial charge is 0.507 e. The van der Waals surface area contributed by atoms with E-state index in [1.165, 1.54) is 24.3 Å². The summed E-state index contributed by atoms with van der Waals surface area (Å²) in [6, 6.07) is 9.16. The Morgan fingerprint density at radius 2 is 1.12 bits per heavy atom. The van der Waals surface area contributed by atoms with Crippen molar-refractivity contribution in [2.24, 2.45) is 5.92 Å². The Labute approximate surface area is 193 Å². The van der Waals surface area contributed by atoms with Gasteiger partial charge in [0.05, 0.1) is 11.1 Å². The Morgan fingerprint density at radius 1 is 0.727 bits per heavy atom. The molecule has 0 saturated carbocycles. The molecule has 4 N–H and O–H groups in total. The lowest BCUT2D eigenvalue weighted by Crippen LogP contribution is -2.40. The molecule has 0 saturated heterocycles. The molecular formula is C25H30N2O6. The van der Waals surface area contributed by atoms with Gasteiger partial charge in [0.2, 0.25) is 11.8 Å². The molecule has 0 aromatic heterocycles. The Bertz CT molecular complexity index is 966. The molecule has 0 aliphatic rings. The molecule has 2 amide bonds. The fourth-order valence-electron chi connectivity index (χ4n) is 3.34. The van der Waals surface area contributed by atoms with Crippen LogP contribution in [0.1, 0.15) is 71.9 Å². The van der Waals surface area contributed by atoms with E-state index < -0.39 is 17.7 Å². The van der Waals surface area contributed by atoms with Crippen LogP contribution >= 0.6 is 0 Å². The molecule has 2 aromatic rings. The van der Waals surface area contributed by atoms with E-state index in [-0.39, 0.29) is 66.5 Å². The predicted molar refractivity (Wildman–Crippen MR) is 123 cm³/mol. The Kier molecular flexibility index (Phi) is 9.15. The van der Waals surface area contributed by atoms with E-state index in [1.807, 2.05) is 0 Å². The van der Waals surface area contributed by atoms with Gasteiger partial charge < -0.3 is 20.8 Å². The van der Waals surface area contributed by atoms with Crippen LogP contribution in [0.25, 0.3) is 0 Å². The van der Waals surface area contributed by atoms with Crippen LogP contribution in [-0.4, -0.2) is 33.6 Å². The SMILES string of the molecule is CCC(=O)c1ccc(CNC(=O)C(CC)C(=O)NCc2ccc(C(=O)CC)c(O)c2)cc1O. The highest BCUT2D eigenvalue weighted by molar-refractivity contribution is 6.00. The third-order valence-corrected chi connectivity index (χ3v) is 5.34. The Hall–Kier alpha value is -3.68. The molecule has 0 atom stereocenters. The van der Waals surface area contributed by atoms with Gasteiger partial charge in [-0.2, -0.15) is 0 Å². The molecule has 176 valence electrons. The maximum atomic E-state index is 12.5. The van der Waals surface area contributed by atoms with Crippen molar-refractivity contribution in [2.45, 2.75) is 53.1 Å². The zero-order valence-corrected chi connectivity index (χ0v) is 19.1. The first kappa shape index (κ1) is 25.6. The highest BCUT2D eigenvalue weighted by atomic mass is 16.3. The van der Waals surface area contributed by atoms with Crippen LogP contribution in [0.3, 0.4) is 0 Å². The minimum absolute atomic E-state index is 0.0948. The molecule has 8 heteroatoms. The topological polar surface area (TPSA) is 133 Å². The average Bonchev–Trinajstić information content (AvgIpc) is 2.81. The third-order valence-electron chi connectivity index (χ3n) is 5.34. The molecule has 33 heavy (non-hydrogen) atoms. The minimum Gasteiger partial charge on any atom is -0.507 e. The quantitative estimate of drug-likeness (QED) is 0.304. The summed E-state index contributed by atoms with van der Waals surface area (Å²) in [5.74, 6) is -2.49. The van der Waals surface area contributed by atoms with Crippen molar-refractivity contribution in [3.8, 4) is 11.5 Å². The first-order chi connectivity index (χ1) is 15.7. The first-order valence-electron chi connectivity index (χ1n) is 11.0. The summed E-state index contributed by atoms with van der Waals surface area (Å²) in [4.78, 5) is 48.6. The molecule has 0 spiro atoms. The molecule has 0 fully saturated rings. The molecule has 2 aromatic carbocycles. The molecule has 0 unspecified atom stereocenters. The number of phenolic OH excluding ortho intramolecular Hbond substituents is 2. The maximum absolute atomic E-state index is 12.5. The van der Waals surface area contributed by atoms with Crippen LogP contribution in [0.4, 0.5) is 0 Å². The van der Waals surface area contributed by atoms with E-state index in [2.05, 4.69) is 10.6 Å². The van der Waals surface area contributed by atoms with Crippen LogP contribution in [0.2, 0.25) is 0 Å². The summed E-state index contributed by atoms with van der Waals surface area (Å²) in [7, 11) is 0. The highest BCUT2D eigenvalue weighted by Crippen LogP contribution is 2.21. The molecule has 0 bridgehead atoms. The fraction of sp³-hybridized carbons (Fsp3) is 0.360. The van der Waals surface area contributed by atoms with Crippen LogP contribution in [0, 0.1) is 5.92 Å². The average molecular weight is 455 g/mol. The smallest absolute Gasteiger partial charge is 0.232 e.